The number of rotatable bonds is 3. The van der Waals surface area contributed by atoms with Crippen molar-refractivity contribution in [2.75, 3.05) is 0 Å². The smallest absolute Gasteiger partial charge is 0.0431 e. The van der Waals surface area contributed by atoms with Crippen molar-refractivity contribution >= 4 is 48.7 Å². The Morgan fingerprint density at radius 1 is 1.17 bits per heavy atom. The summed E-state index contributed by atoms with van der Waals surface area (Å²) >= 11 is 6.99. The minimum absolute atomic E-state index is 0.0827. The third-order valence-electron chi connectivity index (χ3n) is 2.95. The van der Waals surface area contributed by atoms with Crippen LogP contribution in [0, 0.1) is 0 Å². The van der Waals surface area contributed by atoms with Crippen molar-refractivity contribution in [1.82, 2.24) is 0 Å². The predicted molar refractivity (Wildman–Crippen MR) is 84.5 cm³/mol. The highest BCUT2D eigenvalue weighted by molar-refractivity contribution is 9.10. The summed E-state index contributed by atoms with van der Waals surface area (Å²) < 4.78 is 2.46. The van der Waals surface area contributed by atoms with Gasteiger partial charge in [0, 0.05) is 25.5 Å². The molecular formula is C14H12BrNS2. The van der Waals surface area contributed by atoms with Gasteiger partial charge in [-0.1, -0.05) is 18.2 Å². The lowest BCUT2D eigenvalue weighted by Crippen LogP contribution is -2.11. The molecule has 3 rings (SSSR count). The molecule has 18 heavy (non-hydrogen) atoms. The minimum atomic E-state index is 0.0827. The zero-order valence-electron chi connectivity index (χ0n) is 9.60. The van der Waals surface area contributed by atoms with Crippen LogP contribution in [0.25, 0.3) is 10.1 Å². The van der Waals surface area contributed by atoms with Crippen molar-refractivity contribution in [2.24, 2.45) is 5.73 Å². The van der Waals surface area contributed by atoms with E-state index in [2.05, 4.69) is 57.0 Å². The molecule has 0 spiro atoms. The van der Waals surface area contributed by atoms with Crippen molar-refractivity contribution < 1.29 is 0 Å². The predicted octanol–water partition coefficient (Wildman–Crippen LogP) is 4.97. The first-order valence-corrected chi connectivity index (χ1v) is 8.24. The van der Waals surface area contributed by atoms with Gasteiger partial charge in [0.25, 0.3) is 0 Å². The van der Waals surface area contributed by atoms with Crippen molar-refractivity contribution in [3.8, 4) is 0 Å². The standard InChI is InChI=1S/C14H12BrNS2/c15-10-6-14(18-8-10)12(16)5-9-7-17-13-4-2-1-3-11(9)13/h1-4,6-8,12H,5,16H2. The van der Waals surface area contributed by atoms with Crippen molar-refractivity contribution in [2.45, 2.75) is 12.5 Å². The maximum absolute atomic E-state index is 6.28. The van der Waals surface area contributed by atoms with Crippen LogP contribution in [0.1, 0.15) is 16.5 Å². The van der Waals surface area contributed by atoms with Crippen LogP contribution in [0.4, 0.5) is 0 Å². The molecule has 0 aliphatic heterocycles. The molecule has 1 atom stereocenters. The van der Waals surface area contributed by atoms with Gasteiger partial charge in [0.15, 0.2) is 0 Å². The molecule has 4 heteroatoms. The van der Waals surface area contributed by atoms with Crippen LogP contribution in [-0.2, 0) is 6.42 Å². The van der Waals surface area contributed by atoms with E-state index >= 15 is 0 Å². The Balaban J connectivity index is 1.88. The number of nitrogens with two attached hydrogens (primary N) is 1. The number of fused-ring (bicyclic) bond motifs is 1. The minimum Gasteiger partial charge on any atom is -0.323 e. The first kappa shape index (κ1) is 12.4. The van der Waals surface area contributed by atoms with Gasteiger partial charge in [-0.3, -0.25) is 0 Å². The molecule has 0 fully saturated rings. The Labute approximate surface area is 122 Å². The van der Waals surface area contributed by atoms with Gasteiger partial charge in [0.05, 0.1) is 0 Å². The maximum atomic E-state index is 6.28. The Morgan fingerprint density at radius 3 is 2.78 bits per heavy atom. The van der Waals surface area contributed by atoms with Gasteiger partial charge in [0.1, 0.15) is 0 Å². The molecule has 0 saturated carbocycles. The molecule has 1 unspecified atom stereocenters. The fourth-order valence-corrected chi connectivity index (χ4v) is 4.48. The molecular weight excluding hydrogens is 326 g/mol. The van der Waals surface area contributed by atoms with E-state index in [-0.39, 0.29) is 6.04 Å². The Bertz CT molecular complexity index is 671. The molecule has 2 aromatic heterocycles. The molecule has 0 saturated heterocycles. The summed E-state index contributed by atoms with van der Waals surface area (Å²) in [5.74, 6) is 0. The van der Waals surface area contributed by atoms with Gasteiger partial charge in [-0.05, 0) is 50.8 Å². The Morgan fingerprint density at radius 2 is 2.00 bits per heavy atom. The highest BCUT2D eigenvalue weighted by atomic mass is 79.9. The lowest BCUT2D eigenvalue weighted by molar-refractivity contribution is 0.741. The molecule has 3 aromatic rings. The molecule has 0 aliphatic rings. The van der Waals surface area contributed by atoms with E-state index in [9.17, 15) is 0 Å². The third kappa shape index (κ3) is 2.38. The summed E-state index contributed by atoms with van der Waals surface area (Å²) in [6.07, 6.45) is 0.900. The van der Waals surface area contributed by atoms with E-state index in [0.717, 1.165) is 10.9 Å². The molecule has 92 valence electrons. The highest BCUT2D eigenvalue weighted by Gasteiger charge is 2.12. The first-order chi connectivity index (χ1) is 8.74. The van der Waals surface area contributed by atoms with E-state index in [0.29, 0.717) is 0 Å². The molecule has 0 bridgehead atoms. The van der Waals surface area contributed by atoms with Crippen LogP contribution in [-0.4, -0.2) is 0 Å². The van der Waals surface area contributed by atoms with E-state index < -0.39 is 0 Å². The monoisotopic (exact) mass is 337 g/mol. The van der Waals surface area contributed by atoms with Gasteiger partial charge in [0.2, 0.25) is 0 Å². The van der Waals surface area contributed by atoms with Gasteiger partial charge in [-0.2, -0.15) is 0 Å². The molecule has 0 aliphatic carbocycles. The zero-order valence-corrected chi connectivity index (χ0v) is 12.8. The van der Waals surface area contributed by atoms with E-state index in [4.69, 9.17) is 5.73 Å². The Hall–Kier alpha value is -0.680. The highest BCUT2D eigenvalue weighted by Crippen LogP contribution is 2.31. The van der Waals surface area contributed by atoms with Crippen molar-refractivity contribution in [3.05, 3.63) is 56.0 Å². The summed E-state index contributed by atoms with van der Waals surface area (Å²) in [7, 11) is 0. The summed E-state index contributed by atoms with van der Waals surface area (Å²) in [5.41, 5.74) is 7.64. The largest absolute Gasteiger partial charge is 0.323 e. The molecule has 1 nitrogen and oxygen atoms in total. The molecule has 0 radical (unpaired) electrons. The van der Waals surface area contributed by atoms with E-state index in [1.165, 1.54) is 20.5 Å². The van der Waals surface area contributed by atoms with Gasteiger partial charge in [-0.25, -0.2) is 0 Å². The van der Waals surface area contributed by atoms with Gasteiger partial charge < -0.3 is 5.73 Å². The van der Waals surface area contributed by atoms with Gasteiger partial charge in [-0.15, -0.1) is 22.7 Å². The van der Waals surface area contributed by atoms with Crippen LogP contribution >= 0.6 is 38.6 Å². The maximum Gasteiger partial charge on any atom is 0.0431 e. The first-order valence-electron chi connectivity index (χ1n) is 5.68. The third-order valence-corrected chi connectivity index (χ3v) is 5.79. The van der Waals surface area contributed by atoms with Crippen LogP contribution in [0.3, 0.4) is 0 Å². The number of hydrogen-bond acceptors (Lipinski definition) is 3. The van der Waals surface area contributed by atoms with Crippen LogP contribution in [0.2, 0.25) is 0 Å². The number of hydrogen-bond donors (Lipinski definition) is 1. The average molecular weight is 338 g/mol. The second-order valence-corrected chi connectivity index (χ2v) is 7.00. The quantitative estimate of drug-likeness (QED) is 0.717. The van der Waals surface area contributed by atoms with Crippen LogP contribution < -0.4 is 5.73 Å². The SMILES string of the molecule is NC(Cc1csc2ccccc12)c1cc(Br)cs1. The topological polar surface area (TPSA) is 26.0 Å². The molecule has 1 aromatic carbocycles. The number of benzene rings is 1. The molecule has 2 heterocycles. The van der Waals surface area contributed by atoms with Crippen molar-refractivity contribution in [1.29, 1.82) is 0 Å². The summed E-state index contributed by atoms with van der Waals surface area (Å²) in [5, 5.41) is 5.65. The van der Waals surface area contributed by atoms with Crippen LogP contribution in [0.5, 0.6) is 0 Å². The lowest BCUT2D eigenvalue weighted by atomic mass is 10.0. The Kier molecular flexibility index (Phi) is 3.52. The average Bonchev–Trinajstić information content (AvgIpc) is 2.97. The molecule has 2 N–H and O–H groups in total. The van der Waals surface area contributed by atoms with E-state index in [1.54, 1.807) is 22.7 Å². The number of halogens is 1. The summed E-state index contributed by atoms with van der Waals surface area (Å²) in [6, 6.07) is 10.7. The van der Waals surface area contributed by atoms with Crippen LogP contribution in [0.15, 0.2) is 45.6 Å². The zero-order chi connectivity index (χ0) is 12.5. The lowest BCUT2D eigenvalue weighted by Gasteiger charge is -2.08. The second-order valence-electron chi connectivity index (χ2n) is 4.24. The fourth-order valence-electron chi connectivity index (χ4n) is 2.05. The van der Waals surface area contributed by atoms with Gasteiger partial charge >= 0.3 is 0 Å². The second kappa shape index (κ2) is 5.13. The summed E-state index contributed by atoms with van der Waals surface area (Å²) in [6.45, 7) is 0. The van der Waals surface area contributed by atoms with E-state index in [1.807, 2.05) is 0 Å². The summed E-state index contributed by atoms with van der Waals surface area (Å²) in [4.78, 5) is 1.23. The normalized spacial score (nSPS) is 13.0. The fraction of sp³-hybridized carbons (Fsp3) is 0.143. The molecule has 0 amide bonds. The number of thiophene rings is 2. The van der Waals surface area contributed by atoms with Crippen molar-refractivity contribution in [3.63, 3.8) is 0 Å².